The van der Waals surface area contributed by atoms with Crippen molar-refractivity contribution in [1.29, 1.82) is 0 Å². The SMILES string of the molecule is COc1c(C)ccc(C(=O)Nc2sc3c(c2C(N)=O)CCCC3)c1CO.COc1ccc(CO)cc1NC(=O)c1c(NC(=O)c2ccc(C)cc2)sc2c1CCCC2.COc1ccc(CO)cc1NC(=O)c1c(NC(=O)c2ccccc2F)sc2c1CCCC2.COc1ccc(NC(=O)c2c(NC(=O)c3ccc(C)cc3)sc3c2CCCC3)c(OC)c1. The van der Waals surface area contributed by atoms with Crippen molar-refractivity contribution in [3.8, 4) is 28.7 Å². The smallest absolute Gasteiger partial charge is 0.259 e. The lowest BCUT2D eigenvalue weighted by Crippen LogP contribution is -2.19. The van der Waals surface area contributed by atoms with Crippen LogP contribution in [-0.4, -0.2) is 98.1 Å². The maximum atomic E-state index is 14.1. The minimum atomic E-state index is -0.622. The summed E-state index contributed by atoms with van der Waals surface area (Å²) in [6.07, 6.45) is 15.0. The second kappa shape index (κ2) is 41.5. The fourth-order valence-electron chi connectivity index (χ4n) is 15.1. The van der Waals surface area contributed by atoms with E-state index in [0.717, 1.165) is 156 Å². The van der Waals surface area contributed by atoms with E-state index in [1.165, 1.54) is 89.8 Å². The highest BCUT2D eigenvalue weighted by atomic mass is 32.1. The third-order valence-electron chi connectivity index (χ3n) is 21.4. The highest BCUT2D eigenvalue weighted by Crippen LogP contribution is 2.45. The predicted octanol–water partition coefficient (Wildman–Crippen LogP) is 18.0. The van der Waals surface area contributed by atoms with Crippen LogP contribution in [0, 0.1) is 26.6 Å². The first-order valence-electron chi connectivity index (χ1n) is 40.0. The Morgan fingerprint density at radius 3 is 1.14 bits per heavy atom. The number of benzene rings is 7. The number of carbonyl (C=O) groups excluding carboxylic acids is 8. The van der Waals surface area contributed by atoms with Gasteiger partial charge in [-0.2, -0.15) is 0 Å². The molecule has 7 aromatic carbocycles. The Morgan fingerprint density at radius 2 is 0.754 bits per heavy atom. The van der Waals surface area contributed by atoms with Gasteiger partial charge in [-0.15, -0.1) is 45.3 Å². The molecule has 0 saturated heterocycles. The number of primary amides is 1. The molecule has 8 amide bonds. The molecular formula is C93H97FN8O16S4. The standard InChI is InChI=1S/2C25H26N2O4S.C24H23FN2O4S.C19H22N2O4S/c1-15-8-10-16(11-9-15)23(28)27-25-22(18-6-4-5-7-21(18)32-25)24(29)26-19-13-12-17(30-2)14-20(19)31-3;1-15-7-10-17(11-8-15)23(29)27-25-22(18-5-3-4-6-21(18)32-25)24(30)26-19-13-16(14-28)9-12-20(19)31-2;1-31-19-11-10-14(13-28)12-18(19)26-23(30)21-16-7-3-5-9-20(16)32-24(21)27-22(29)15-6-2-4-8-17(15)25;1-10-7-8-11(13(9-22)16(10)25-2)18(24)21-19-15(17(20)23)12-5-3-4-6-14(12)26-19/h8-14H,4-7H2,1-3H3,(H,26,29)(H,27,28);7-13,28H,3-6,14H2,1-2H3,(H,26,30)(H,27,29);2,4,6,8,10-12,28H,3,5,7,9,13H2,1H3,(H,26,30)(H,27,29);7-8,22H,3-6,9H2,1-2H3,(H2,20,23)(H,21,24). The van der Waals surface area contributed by atoms with Crippen LogP contribution in [-0.2, 0) is 71.2 Å². The van der Waals surface area contributed by atoms with Gasteiger partial charge in [0.15, 0.2) is 0 Å². The first-order valence-corrected chi connectivity index (χ1v) is 43.3. The molecule has 4 heterocycles. The van der Waals surface area contributed by atoms with Gasteiger partial charge in [-0.25, -0.2) is 4.39 Å². The number of thiophene rings is 4. The van der Waals surface area contributed by atoms with E-state index in [4.69, 9.17) is 29.4 Å². The second-order valence-electron chi connectivity index (χ2n) is 29.5. The van der Waals surface area contributed by atoms with Gasteiger partial charge in [0.1, 0.15) is 54.6 Å². The quantitative estimate of drug-likeness (QED) is 0.0283. The average molecular weight is 1730 g/mol. The molecule has 0 radical (unpaired) electrons. The third-order valence-corrected chi connectivity index (χ3v) is 26.2. The zero-order chi connectivity index (χ0) is 86.8. The van der Waals surface area contributed by atoms with Gasteiger partial charge in [0.2, 0.25) is 0 Å². The molecule has 0 aliphatic heterocycles. The van der Waals surface area contributed by atoms with E-state index in [1.807, 2.05) is 45.0 Å². The first-order chi connectivity index (χ1) is 59.0. The van der Waals surface area contributed by atoms with Crippen molar-refractivity contribution in [2.75, 3.05) is 72.8 Å². The molecule has 0 atom stereocenters. The maximum Gasteiger partial charge on any atom is 0.259 e. The normalized spacial score (nSPS) is 12.8. The lowest BCUT2D eigenvalue weighted by atomic mass is 9.95. The van der Waals surface area contributed by atoms with E-state index in [0.29, 0.717) is 121 Å². The fraction of sp³-hybridized carbons (Fsp3) is 0.290. The summed E-state index contributed by atoms with van der Waals surface area (Å²) < 4.78 is 40.8. The van der Waals surface area contributed by atoms with Crippen LogP contribution in [0.25, 0.3) is 0 Å². The topological polar surface area (TPSA) is 354 Å². The number of halogens is 1. The van der Waals surface area contributed by atoms with E-state index < -0.39 is 23.5 Å². The fourth-order valence-corrected chi connectivity index (χ4v) is 20.2. The molecule has 12 N–H and O–H groups in total. The molecule has 29 heteroatoms. The number of aliphatic hydroxyl groups excluding tert-OH is 3. The van der Waals surface area contributed by atoms with Crippen LogP contribution in [0.4, 0.5) is 41.5 Å². The zero-order valence-electron chi connectivity index (χ0n) is 69.0. The Labute approximate surface area is 722 Å². The highest BCUT2D eigenvalue weighted by molar-refractivity contribution is 7.18. The molecule has 24 nitrogen and oxygen atoms in total. The summed E-state index contributed by atoms with van der Waals surface area (Å²) in [5.74, 6) is -0.952. The highest BCUT2D eigenvalue weighted by Gasteiger charge is 2.33. The molecule has 15 rings (SSSR count). The molecule has 122 heavy (non-hydrogen) atoms. The van der Waals surface area contributed by atoms with Gasteiger partial charge in [0, 0.05) is 47.8 Å². The van der Waals surface area contributed by atoms with E-state index in [-0.39, 0.29) is 54.9 Å². The van der Waals surface area contributed by atoms with Gasteiger partial charge in [0.25, 0.3) is 47.3 Å². The van der Waals surface area contributed by atoms with Gasteiger partial charge in [0.05, 0.1) is 100 Å². The molecule has 4 aromatic heterocycles. The van der Waals surface area contributed by atoms with Crippen molar-refractivity contribution in [1.82, 2.24) is 0 Å². The lowest BCUT2D eigenvalue weighted by molar-refractivity contribution is 0.0992. The summed E-state index contributed by atoms with van der Waals surface area (Å²) in [5, 5.41) is 51.0. The summed E-state index contributed by atoms with van der Waals surface area (Å²) in [6.45, 7) is 5.15. The van der Waals surface area contributed by atoms with Crippen molar-refractivity contribution >= 4 is 130 Å². The van der Waals surface area contributed by atoms with Crippen LogP contribution < -0.4 is 66.6 Å². The molecule has 0 bridgehead atoms. The minimum absolute atomic E-state index is 0.0810. The van der Waals surface area contributed by atoms with E-state index >= 15 is 0 Å². The summed E-state index contributed by atoms with van der Waals surface area (Å²) >= 11 is 5.75. The van der Waals surface area contributed by atoms with Crippen LogP contribution in [0.3, 0.4) is 0 Å². The number of aliphatic hydroxyl groups is 3. The Hall–Kier alpha value is -12.1. The summed E-state index contributed by atoms with van der Waals surface area (Å²) in [6, 6.07) is 39.3. The van der Waals surface area contributed by atoms with Gasteiger partial charge in [-0.1, -0.05) is 65.7 Å². The zero-order valence-corrected chi connectivity index (χ0v) is 72.2. The van der Waals surface area contributed by atoms with Gasteiger partial charge in [-0.3, -0.25) is 38.4 Å². The largest absolute Gasteiger partial charge is 0.497 e. The molecule has 636 valence electrons. The van der Waals surface area contributed by atoms with Crippen LogP contribution >= 0.6 is 45.3 Å². The summed E-state index contributed by atoms with van der Waals surface area (Å²) in [4.78, 5) is 108. The van der Waals surface area contributed by atoms with Crippen molar-refractivity contribution in [2.24, 2.45) is 5.73 Å². The van der Waals surface area contributed by atoms with Gasteiger partial charge in [-0.05, 0) is 241 Å². The van der Waals surface area contributed by atoms with Crippen molar-refractivity contribution in [2.45, 2.75) is 143 Å². The van der Waals surface area contributed by atoms with Crippen molar-refractivity contribution in [3.05, 3.63) is 265 Å². The molecule has 4 aliphatic carbocycles. The Morgan fingerprint density at radius 1 is 0.369 bits per heavy atom. The minimum Gasteiger partial charge on any atom is -0.497 e. The van der Waals surface area contributed by atoms with Crippen LogP contribution in [0.5, 0.6) is 28.7 Å². The molecule has 4 aliphatic rings. The molecular weight excluding hydrogens is 1630 g/mol. The number of amides is 8. The molecule has 0 saturated carbocycles. The van der Waals surface area contributed by atoms with E-state index in [2.05, 4.69) is 37.2 Å². The Kier molecular flexibility index (Phi) is 30.3. The molecule has 0 fully saturated rings. The number of hydrogen-bond donors (Lipinski definition) is 11. The van der Waals surface area contributed by atoms with Crippen molar-refractivity contribution < 1.29 is 81.8 Å². The lowest BCUT2D eigenvalue weighted by Gasteiger charge is -2.15. The monoisotopic (exact) mass is 1730 g/mol. The van der Waals surface area contributed by atoms with Crippen LogP contribution in [0.15, 0.2) is 140 Å². The average Bonchev–Trinajstić information content (AvgIpc) is 1.65. The molecule has 11 aromatic rings. The number of carbonyl (C=O) groups is 8. The number of ether oxygens (including phenoxy) is 5. The van der Waals surface area contributed by atoms with Crippen LogP contribution in [0.1, 0.15) is 209 Å². The number of rotatable bonds is 23. The molecule has 0 unspecified atom stereocenters. The number of anilines is 7. The van der Waals surface area contributed by atoms with Crippen LogP contribution in [0.2, 0.25) is 0 Å². The predicted molar refractivity (Wildman–Crippen MR) is 478 cm³/mol. The van der Waals surface area contributed by atoms with Gasteiger partial charge < -0.3 is 82.0 Å². The third kappa shape index (κ3) is 20.9. The summed E-state index contributed by atoms with van der Waals surface area (Å²) in [5.41, 5.74) is 18.9. The number of methoxy groups -OCH3 is 5. The maximum absolute atomic E-state index is 14.1. The van der Waals surface area contributed by atoms with Gasteiger partial charge >= 0.3 is 0 Å². The molecule has 0 spiro atoms. The number of hydrogen-bond acceptors (Lipinski definition) is 20. The first kappa shape index (κ1) is 89.2. The van der Waals surface area contributed by atoms with E-state index in [1.54, 1.807) is 111 Å². The Bertz CT molecular complexity index is 5730. The summed E-state index contributed by atoms with van der Waals surface area (Å²) in [7, 11) is 7.65. The number of fused-ring (bicyclic) bond motifs is 4. The van der Waals surface area contributed by atoms with Crippen molar-refractivity contribution in [3.63, 3.8) is 0 Å². The number of aryl methyl sites for hydroxylation is 7. The Balaban J connectivity index is 0.000000149. The number of nitrogens with one attached hydrogen (secondary N) is 7. The second-order valence-corrected chi connectivity index (χ2v) is 33.9. The number of nitrogens with two attached hydrogens (primary N) is 1. The van der Waals surface area contributed by atoms with E-state index in [9.17, 15) is 58.1 Å².